The molecule has 2 aromatic heterocycles. The molecule has 0 bridgehead atoms. The summed E-state index contributed by atoms with van der Waals surface area (Å²) >= 11 is 1.76. The lowest BCUT2D eigenvalue weighted by Crippen LogP contribution is -2.39. The molecule has 7 heteroatoms. The quantitative estimate of drug-likeness (QED) is 0.594. The number of aromatic nitrogens is 2. The summed E-state index contributed by atoms with van der Waals surface area (Å²) < 4.78 is 2.15. The fraction of sp³-hybridized carbons (Fsp3) is 0.529. The first-order chi connectivity index (χ1) is 11.8. The van der Waals surface area contributed by atoms with Gasteiger partial charge in [-0.05, 0) is 25.0 Å². The molecule has 3 heterocycles. The van der Waals surface area contributed by atoms with Gasteiger partial charge in [0.05, 0.1) is 5.69 Å². The molecule has 0 unspecified atom stereocenters. The molecule has 0 spiro atoms. The third-order valence-corrected chi connectivity index (χ3v) is 5.09. The van der Waals surface area contributed by atoms with Crippen LogP contribution in [0.25, 0.3) is 0 Å². The summed E-state index contributed by atoms with van der Waals surface area (Å²) in [5.41, 5.74) is 1.16. The van der Waals surface area contributed by atoms with Gasteiger partial charge in [0.25, 0.3) is 0 Å². The predicted octanol–water partition coefficient (Wildman–Crippen LogP) is 1.95. The average molecular weight is 347 g/mol. The topological polar surface area (TPSA) is 57.5 Å². The maximum absolute atomic E-state index is 4.75. The summed E-state index contributed by atoms with van der Waals surface area (Å²) in [7, 11) is 1.80. The molecule has 0 atom stereocenters. The Morgan fingerprint density at radius 2 is 1.96 bits per heavy atom. The van der Waals surface area contributed by atoms with Crippen LogP contribution in [0.1, 0.15) is 18.5 Å². The van der Waals surface area contributed by atoms with Gasteiger partial charge in [-0.2, -0.15) is 0 Å². The van der Waals surface area contributed by atoms with Crippen LogP contribution >= 0.6 is 11.3 Å². The van der Waals surface area contributed by atoms with Crippen molar-refractivity contribution in [3.8, 4) is 0 Å². The minimum absolute atomic E-state index is 0.840. The first-order valence-corrected chi connectivity index (χ1v) is 9.48. The second-order valence-electron chi connectivity index (χ2n) is 5.91. The number of rotatable bonds is 7. The lowest BCUT2D eigenvalue weighted by Gasteiger charge is -2.13. The molecule has 6 nitrogen and oxygen atoms in total. The first kappa shape index (κ1) is 16.8. The molecule has 2 aromatic rings. The van der Waals surface area contributed by atoms with E-state index < -0.39 is 0 Å². The van der Waals surface area contributed by atoms with Crippen molar-refractivity contribution < 1.29 is 0 Å². The van der Waals surface area contributed by atoms with Crippen LogP contribution in [-0.2, 0) is 13.0 Å². The largest absolute Gasteiger partial charge is 0.356 e. The Morgan fingerprint density at radius 3 is 2.71 bits per heavy atom. The normalized spacial score (nSPS) is 15.0. The van der Waals surface area contributed by atoms with E-state index in [4.69, 9.17) is 4.98 Å². The molecular formula is C17H26N6S. The molecule has 3 rings (SSSR count). The number of nitrogens with zero attached hydrogens (tertiary/aromatic N) is 4. The van der Waals surface area contributed by atoms with Crippen LogP contribution in [0.15, 0.2) is 34.9 Å². The van der Waals surface area contributed by atoms with Gasteiger partial charge in [-0.15, -0.1) is 11.3 Å². The van der Waals surface area contributed by atoms with E-state index in [1.165, 1.54) is 18.0 Å². The number of hydrogen-bond donors (Lipinski definition) is 2. The Morgan fingerprint density at radius 1 is 1.21 bits per heavy atom. The molecule has 0 aromatic carbocycles. The van der Waals surface area contributed by atoms with Gasteiger partial charge in [-0.3, -0.25) is 4.99 Å². The van der Waals surface area contributed by atoms with Crippen LogP contribution < -0.4 is 15.5 Å². The van der Waals surface area contributed by atoms with Crippen LogP contribution in [0.5, 0.6) is 0 Å². The second-order valence-corrected chi connectivity index (χ2v) is 6.75. The molecule has 1 aliphatic heterocycles. The Hall–Kier alpha value is -2.02. The van der Waals surface area contributed by atoms with Crippen LogP contribution in [0.2, 0.25) is 0 Å². The van der Waals surface area contributed by atoms with Gasteiger partial charge in [0.15, 0.2) is 11.1 Å². The van der Waals surface area contributed by atoms with E-state index in [1.54, 1.807) is 18.4 Å². The third-order valence-electron chi connectivity index (χ3n) is 4.14. The summed E-state index contributed by atoms with van der Waals surface area (Å²) in [4.78, 5) is 11.4. The molecule has 24 heavy (non-hydrogen) atoms. The molecular weight excluding hydrogens is 320 g/mol. The molecule has 130 valence electrons. The van der Waals surface area contributed by atoms with E-state index >= 15 is 0 Å². The number of anilines is 1. The third kappa shape index (κ3) is 4.74. The predicted molar refractivity (Wildman–Crippen MR) is 101 cm³/mol. The van der Waals surface area contributed by atoms with Crippen molar-refractivity contribution in [3.63, 3.8) is 0 Å². The standard InChI is InChI=1S/C17H26N6S/c1-18-16(20-8-13-22-9-2-3-10-22)19-7-6-15-14-24-17(21-15)23-11-4-5-12-23/h2-3,9-10,14H,4-8,11-13H2,1H3,(H2,18,19,20). The minimum Gasteiger partial charge on any atom is -0.356 e. The van der Waals surface area contributed by atoms with Gasteiger partial charge < -0.3 is 20.1 Å². The van der Waals surface area contributed by atoms with E-state index in [2.05, 4.69) is 42.9 Å². The smallest absolute Gasteiger partial charge is 0.191 e. The highest BCUT2D eigenvalue weighted by molar-refractivity contribution is 7.13. The fourth-order valence-electron chi connectivity index (χ4n) is 2.82. The van der Waals surface area contributed by atoms with Crippen molar-refractivity contribution in [2.45, 2.75) is 25.8 Å². The van der Waals surface area contributed by atoms with E-state index in [0.29, 0.717) is 0 Å². The Labute approximate surface area is 147 Å². The van der Waals surface area contributed by atoms with Crippen LogP contribution in [-0.4, -0.2) is 48.7 Å². The molecule has 1 saturated heterocycles. The zero-order chi connectivity index (χ0) is 16.6. The minimum atomic E-state index is 0.840. The fourth-order valence-corrected chi connectivity index (χ4v) is 3.73. The zero-order valence-electron chi connectivity index (χ0n) is 14.2. The summed E-state index contributed by atoms with van der Waals surface area (Å²) in [6.07, 6.45) is 7.64. The van der Waals surface area contributed by atoms with Gasteiger partial charge in [0.1, 0.15) is 0 Å². The number of nitrogens with one attached hydrogen (secondary N) is 2. The van der Waals surface area contributed by atoms with E-state index in [-0.39, 0.29) is 0 Å². The van der Waals surface area contributed by atoms with Crippen molar-refractivity contribution in [1.82, 2.24) is 20.2 Å². The molecule has 1 aliphatic rings. The van der Waals surface area contributed by atoms with Crippen LogP contribution in [0.4, 0.5) is 5.13 Å². The molecule has 0 amide bonds. The molecule has 2 N–H and O–H groups in total. The molecule has 0 aliphatic carbocycles. The van der Waals surface area contributed by atoms with Gasteiger partial charge in [0, 0.05) is 64.0 Å². The molecule has 0 radical (unpaired) electrons. The highest BCUT2D eigenvalue weighted by Gasteiger charge is 2.15. The second kappa shape index (κ2) is 8.73. The zero-order valence-corrected chi connectivity index (χ0v) is 15.1. The van der Waals surface area contributed by atoms with Gasteiger partial charge in [-0.25, -0.2) is 4.98 Å². The number of thiazole rings is 1. The summed E-state index contributed by atoms with van der Waals surface area (Å²) in [6, 6.07) is 4.08. The van der Waals surface area contributed by atoms with E-state index in [1.807, 2.05) is 12.1 Å². The van der Waals surface area contributed by atoms with Gasteiger partial charge in [0.2, 0.25) is 0 Å². The van der Waals surface area contributed by atoms with Crippen molar-refractivity contribution in [2.24, 2.45) is 4.99 Å². The highest BCUT2D eigenvalue weighted by Crippen LogP contribution is 2.24. The lowest BCUT2D eigenvalue weighted by atomic mass is 10.3. The van der Waals surface area contributed by atoms with Crippen LogP contribution in [0, 0.1) is 0 Å². The first-order valence-electron chi connectivity index (χ1n) is 8.60. The average Bonchev–Trinajstić information content (AvgIpc) is 3.34. The number of hydrogen-bond acceptors (Lipinski definition) is 4. The van der Waals surface area contributed by atoms with Crippen LogP contribution in [0.3, 0.4) is 0 Å². The lowest BCUT2D eigenvalue weighted by molar-refractivity contribution is 0.664. The highest BCUT2D eigenvalue weighted by atomic mass is 32.1. The van der Waals surface area contributed by atoms with Gasteiger partial charge >= 0.3 is 0 Å². The number of aliphatic imine (C=N–C) groups is 1. The Bertz CT molecular complexity index is 627. The maximum atomic E-state index is 4.75. The van der Waals surface area contributed by atoms with Crippen molar-refractivity contribution in [3.05, 3.63) is 35.6 Å². The number of guanidine groups is 1. The summed E-state index contributed by atoms with van der Waals surface area (Å²) in [5.74, 6) is 0.845. The van der Waals surface area contributed by atoms with E-state index in [9.17, 15) is 0 Å². The monoisotopic (exact) mass is 346 g/mol. The van der Waals surface area contributed by atoms with Crippen molar-refractivity contribution in [1.29, 1.82) is 0 Å². The Kier molecular flexibility index (Phi) is 6.12. The molecule has 1 fully saturated rings. The summed E-state index contributed by atoms with van der Waals surface area (Å²) in [6.45, 7) is 4.93. The maximum Gasteiger partial charge on any atom is 0.191 e. The summed E-state index contributed by atoms with van der Waals surface area (Å²) in [5, 5.41) is 10.0. The van der Waals surface area contributed by atoms with Crippen molar-refractivity contribution in [2.75, 3.05) is 38.1 Å². The van der Waals surface area contributed by atoms with Crippen molar-refractivity contribution >= 4 is 22.4 Å². The van der Waals surface area contributed by atoms with Gasteiger partial charge in [-0.1, -0.05) is 0 Å². The SMILES string of the molecule is CN=C(NCCc1csc(N2CCCC2)n1)NCCn1cccc1. The Balaban J connectivity index is 1.36. The molecule has 0 saturated carbocycles. The van der Waals surface area contributed by atoms with E-state index in [0.717, 1.165) is 50.8 Å².